The van der Waals surface area contributed by atoms with Gasteiger partial charge in [-0.25, -0.2) is 9.59 Å². The predicted molar refractivity (Wildman–Crippen MR) is 165 cm³/mol. The second kappa shape index (κ2) is 23.4. The predicted octanol–water partition coefficient (Wildman–Crippen LogP) is 2.29. The van der Waals surface area contributed by atoms with Gasteiger partial charge in [0.15, 0.2) is 12.2 Å². The van der Waals surface area contributed by atoms with Gasteiger partial charge >= 0.3 is 17.9 Å². The Labute approximate surface area is 269 Å². The van der Waals surface area contributed by atoms with Crippen molar-refractivity contribution < 1.29 is 62.9 Å². The Morgan fingerprint density at radius 3 is 1.42 bits per heavy atom. The standard InChI is InChI=1S/C12H24O3.2C10H18O5/c1-5-9(4)10(6-2)11(13)8-12(14)15-7-3;2*1-4-7-6(5-11)8(13-2)9(15-7)10(12)14-3/h9-11,13H,5-8H2,1-4H3;2*6-9,11H,4-5H2,1-3H3/t9-,10-,11+;6-,7?,8+,9+;6-,7?,8+,9-/m011/s1. The number of ether oxygens (including phenoxy) is 7. The lowest BCUT2D eigenvalue weighted by molar-refractivity contribution is -0.158. The zero-order valence-corrected chi connectivity index (χ0v) is 28.9. The van der Waals surface area contributed by atoms with Crippen LogP contribution < -0.4 is 0 Å². The molecule has 13 nitrogen and oxygen atoms in total. The summed E-state index contributed by atoms with van der Waals surface area (Å²) in [4.78, 5) is 34.0. The minimum atomic E-state index is -0.720. The first-order valence-electron chi connectivity index (χ1n) is 16.0. The maximum absolute atomic E-state index is 11.4. The molecular weight excluding hydrogens is 592 g/mol. The van der Waals surface area contributed by atoms with Gasteiger partial charge in [0.1, 0.15) is 12.2 Å². The van der Waals surface area contributed by atoms with Gasteiger partial charge in [0.25, 0.3) is 0 Å². The third-order valence-corrected chi connectivity index (χ3v) is 8.70. The molecule has 3 N–H and O–H groups in total. The number of esters is 3. The van der Waals surface area contributed by atoms with Crippen LogP contribution in [0.2, 0.25) is 0 Å². The van der Waals surface area contributed by atoms with Crippen molar-refractivity contribution in [3.63, 3.8) is 0 Å². The first kappa shape index (κ1) is 43.1. The van der Waals surface area contributed by atoms with E-state index in [1.54, 1.807) is 6.92 Å². The molecule has 0 bridgehead atoms. The van der Waals surface area contributed by atoms with Gasteiger partial charge in [-0.2, -0.15) is 0 Å². The number of methoxy groups -OCH3 is 4. The molecule has 0 amide bonds. The normalized spacial score (nSPS) is 29.3. The third-order valence-electron chi connectivity index (χ3n) is 8.70. The van der Waals surface area contributed by atoms with Gasteiger partial charge in [-0.3, -0.25) is 4.79 Å². The maximum atomic E-state index is 11.4. The summed E-state index contributed by atoms with van der Waals surface area (Å²) >= 11 is 0. The lowest BCUT2D eigenvalue weighted by Crippen LogP contribution is -2.37. The first-order valence-corrected chi connectivity index (χ1v) is 16.0. The highest BCUT2D eigenvalue weighted by Gasteiger charge is 2.48. The molecule has 0 aromatic heterocycles. The molecule has 2 rings (SSSR count). The lowest BCUT2D eigenvalue weighted by atomic mass is 9.84. The number of aliphatic hydroxyl groups excluding tert-OH is 3. The summed E-state index contributed by atoms with van der Waals surface area (Å²) in [6.45, 7) is 12.2. The molecule has 2 unspecified atom stereocenters. The van der Waals surface area contributed by atoms with Crippen LogP contribution in [0.3, 0.4) is 0 Å². The van der Waals surface area contributed by atoms with Gasteiger partial charge < -0.3 is 48.5 Å². The summed E-state index contributed by atoms with van der Waals surface area (Å²) in [6.07, 6.45) is 0.364. The van der Waals surface area contributed by atoms with Gasteiger partial charge in [0, 0.05) is 26.1 Å². The number of hydrogen-bond acceptors (Lipinski definition) is 13. The van der Waals surface area contributed by atoms with E-state index in [0.29, 0.717) is 12.5 Å². The summed E-state index contributed by atoms with van der Waals surface area (Å²) in [5.41, 5.74) is 0. The molecule has 11 atom stereocenters. The highest BCUT2D eigenvalue weighted by molar-refractivity contribution is 5.76. The van der Waals surface area contributed by atoms with Crippen LogP contribution in [0.25, 0.3) is 0 Å². The van der Waals surface area contributed by atoms with E-state index in [-0.39, 0.29) is 55.6 Å². The Kier molecular flexibility index (Phi) is 22.5. The SMILES string of the molecule is CCC1O[C@@H](C(=O)OC)[C@@H](OC)[C@@H]1CO.CCC1O[C@H](C(=O)OC)[C@@H](OC)[C@@H]1CO.CCOC(=O)C[C@@H](O)[C@@H](CC)[C@@H](C)CC. The second-order valence-corrected chi connectivity index (χ2v) is 11.2. The van der Waals surface area contributed by atoms with Gasteiger partial charge in [-0.1, -0.05) is 47.5 Å². The molecule has 13 heteroatoms. The first-order chi connectivity index (χ1) is 21.4. The van der Waals surface area contributed by atoms with Crippen molar-refractivity contribution in [2.24, 2.45) is 23.7 Å². The minimum absolute atomic E-state index is 0.0511. The highest BCUT2D eigenvalue weighted by atomic mass is 16.6. The summed E-state index contributed by atoms with van der Waals surface area (Å²) in [6, 6.07) is 0. The molecule has 0 aliphatic carbocycles. The molecule has 266 valence electrons. The fourth-order valence-electron chi connectivity index (χ4n) is 5.95. The zero-order chi connectivity index (χ0) is 34.7. The average molecular weight is 653 g/mol. The van der Waals surface area contributed by atoms with Crippen molar-refractivity contribution >= 4 is 17.9 Å². The van der Waals surface area contributed by atoms with Crippen LogP contribution in [0.1, 0.15) is 73.6 Å². The highest BCUT2D eigenvalue weighted by Crippen LogP contribution is 2.32. The summed E-state index contributed by atoms with van der Waals surface area (Å²) in [5, 5.41) is 28.4. The number of hydrogen-bond donors (Lipinski definition) is 3. The fraction of sp³-hybridized carbons (Fsp3) is 0.906. The van der Waals surface area contributed by atoms with Crippen LogP contribution in [0.15, 0.2) is 0 Å². The van der Waals surface area contributed by atoms with Crippen molar-refractivity contribution in [3.8, 4) is 0 Å². The Balaban J connectivity index is 0.000000645. The van der Waals surface area contributed by atoms with Crippen molar-refractivity contribution in [1.29, 1.82) is 0 Å². The quantitative estimate of drug-likeness (QED) is 0.174. The van der Waals surface area contributed by atoms with Gasteiger partial charge in [0.05, 0.1) is 58.8 Å². The molecule has 0 spiro atoms. The van der Waals surface area contributed by atoms with E-state index in [0.717, 1.165) is 25.7 Å². The average Bonchev–Trinajstić information content (AvgIpc) is 3.61. The molecule has 45 heavy (non-hydrogen) atoms. The van der Waals surface area contributed by atoms with Crippen molar-refractivity contribution in [2.45, 2.75) is 116 Å². The molecule has 0 aromatic carbocycles. The monoisotopic (exact) mass is 652 g/mol. The summed E-state index contributed by atoms with van der Waals surface area (Å²) < 4.78 is 35.5. The van der Waals surface area contributed by atoms with E-state index < -0.39 is 42.5 Å². The largest absolute Gasteiger partial charge is 0.467 e. The third kappa shape index (κ3) is 12.7. The number of carbonyl (C=O) groups excluding carboxylic acids is 3. The van der Waals surface area contributed by atoms with Gasteiger partial charge in [-0.15, -0.1) is 0 Å². The van der Waals surface area contributed by atoms with E-state index in [2.05, 4.69) is 23.3 Å². The summed E-state index contributed by atoms with van der Waals surface area (Å²) in [7, 11) is 5.63. The van der Waals surface area contributed by atoms with E-state index in [9.17, 15) is 29.7 Å². The smallest absolute Gasteiger partial charge is 0.337 e. The molecule has 2 fully saturated rings. The minimum Gasteiger partial charge on any atom is -0.467 e. The van der Waals surface area contributed by atoms with E-state index >= 15 is 0 Å². The van der Waals surface area contributed by atoms with E-state index in [1.807, 2.05) is 20.8 Å². The topological polar surface area (TPSA) is 177 Å². The van der Waals surface area contributed by atoms with Crippen LogP contribution in [-0.2, 0) is 47.5 Å². The van der Waals surface area contributed by atoms with Crippen molar-refractivity contribution in [1.82, 2.24) is 0 Å². The molecule has 0 aromatic rings. The van der Waals surface area contributed by atoms with Crippen molar-refractivity contribution in [2.75, 3.05) is 48.3 Å². The van der Waals surface area contributed by atoms with Crippen LogP contribution in [0, 0.1) is 23.7 Å². The molecule has 2 saturated heterocycles. The lowest BCUT2D eigenvalue weighted by Gasteiger charge is -2.26. The van der Waals surface area contributed by atoms with Gasteiger partial charge in [0.2, 0.25) is 0 Å². The van der Waals surface area contributed by atoms with Crippen LogP contribution in [-0.4, -0.2) is 124 Å². The molecule has 0 saturated carbocycles. The molecule has 2 aliphatic rings. The Bertz CT molecular complexity index is 779. The Morgan fingerprint density at radius 2 is 1.16 bits per heavy atom. The van der Waals surface area contributed by atoms with Crippen LogP contribution in [0.5, 0.6) is 0 Å². The van der Waals surface area contributed by atoms with E-state index in [4.69, 9.17) is 23.7 Å². The zero-order valence-electron chi connectivity index (χ0n) is 28.9. The Hall–Kier alpha value is -1.87. The number of carbonyl (C=O) groups is 3. The fourth-order valence-corrected chi connectivity index (χ4v) is 5.95. The maximum Gasteiger partial charge on any atom is 0.337 e. The number of aliphatic hydroxyl groups is 3. The Morgan fingerprint density at radius 1 is 0.733 bits per heavy atom. The molecular formula is C32H60O13. The summed E-state index contributed by atoms with van der Waals surface area (Å²) in [5.74, 6) is -0.883. The van der Waals surface area contributed by atoms with Crippen molar-refractivity contribution in [3.05, 3.63) is 0 Å². The molecule has 0 radical (unpaired) electrons. The van der Waals surface area contributed by atoms with Crippen LogP contribution in [0.4, 0.5) is 0 Å². The second-order valence-electron chi connectivity index (χ2n) is 11.2. The van der Waals surface area contributed by atoms with Gasteiger partial charge in [-0.05, 0) is 31.6 Å². The molecule has 2 heterocycles. The molecule has 2 aliphatic heterocycles. The number of rotatable bonds is 15. The van der Waals surface area contributed by atoms with E-state index in [1.165, 1.54) is 28.4 Å². The van der Waals surface area contributed by atoms with Crippen LogP contribution >= 0.6 is 0 Å².